The standard InChI is InChI=1S/C22H22N4O4/c1-14-7-6-10-17(11-14)26-21(28)19-18(23-13-24-19)20(27)25-15(2)22(29)30-12-16-8-4-3-5-9-16/h3-11,13,15H,12H2,1-2H3,(H,23,24)(H,25,27)(H,26,28)/t15-/m0/s1. The summed E-state index contributed by atoms with van der Waals surface area (Å²) in [5.74, 6) is -1.75. The zero-order valence-electron chi connectivity index (χ0n) is 16.6. The summed E-state index contributed by atoms with van der Waals surface area (Å²) in [5.41, 5.74) is 2.30. The lowest BCUT2D eigenvalue weighted by molar-refractivity contribution is -0.146. The summed E-state index contributed by atoms with van der Waals surface area (Å²) in [6, 6.07) is 15.6. The number of H-pyrrole nitrogens is 1. The van der Waals surface area contributed by atoms with Crippen LogP contribution in [0.25, 0.3) is 0 Å². The molecule has 0 bridgehead atoms. The number of ether oxygens (including phenoxy) is 1. The lowest BCUT2D eigenvalue weighted by Crippen LogP contribution is -2.40. The number of esters is 1. The Bertz CT molecular complexity index is 1050. The summed E-state index contributed by atoms with van der Waals surface area (Å²) < 4.78 is 5.22. The summed E-state index contributed by atoms with van der Waals surface area (Å²) in [7, 11) is 0. The molecule has 0 unspecified atom stereocenters. The highest BCUT2D eigenvalue weighted by Gasteiger charge is 2.24. The number of hydrogen-bond donors (Lipinski definition) is 3. The van der Waals surface area contributed by atoms with Crippen LogP contribution in [0, 0.1) is 6.92 Å². The van der Waals surface area contributed by atoms with Crippen LogP contribution in [0.15, 0.2) is 60.9 Å². The second kappa shape index (κ2) is 9.51. The number of carbonyl (C=O) groups excluding carboxylic acids is 3. The Morgan fingerprint density at radius 3 is 2.57 bits per heavy atom. The summed E-state index contributed by atoms with van der Waals surface area (Å²) >= 11 is 0. The summed E-state index contributed by atoms with van der Waals surface area (Å²) in [6.07, 6.45) is 1.25. The molecule has 1 aromatic heterocycles. The van der Waals surface area contributed by atoms with Crippen molar-refractivity contribution in [1.82, 2.24) is 15.3 Å². The lowest BCUT2D eigenvalue weighted by Gasteiger charge is -2.13. The summed E-state index contributed by atoms with van der Waals surface area (Å²) in [4.78, 5) is 43.8. The maximum atomic E-state index is 12.6. The molecule has 2 aromatic carbocycles. The van der Waals surface area contributed by atoms with Crippen molar-refractivity contribution in [1.29, 1.82) is 0 Å². The molecule has 3 N–H and O–H groups in total. The van der Waals surface area contributed by atoms with Crippen molar-refractivity contribution in [3.63, 3.8) is 0 Å². The van der Waals surface area contributed by atoms with E-state index in [1.54, 1.807) is 12.1 Å². The topological polar surface area (TPSA) is 113 Å². The minimum atomic E-state index is -0.905. The van der Waals surface area contributed by atoms with Crippen LogP contribution in [0.3, 0.4) is 0 Å². The second-order valence-electron chi connectivity index (χ2n) is 6.74. The quantitative estimate of drug-likeness (QED) is 0.522. The van der Waals surface area contributed by atoms with Crippen LogP contribution in [0.5, 0.6) is 0 Å². The largest absolute Gasteiger partial charge is 0.459 e. The van der Waals surface area contributed by atoms with Gasteiger partial charge in [0.15, 0.2) is 5.69 Å². The molecule has 0 spiro atoms. The maximum absolute atomic E-state index is 12.6. The van der Waals surface area contributed by atoms with E-state index in [9.17, 15) is 14.4 Å². The van der Waals surface area contributed by atoms with Gasteiger partial charge in [0.25, 0.3) is 11.8 Å². The number of aromatic amines is 1. The van der Waals surface area contributed by atoms with Crippen LogP contribution in [0.2, 0.25) is 0 Å². The number of nitrogens with zero attached hydrogens (tertiary/aromatic N) is 1. The van der Waals surface area contributed by atoms with Crippen LogP contribution in [0.4, 0.5) is 5.69 Å². The number of aryl methyl sites for hydroxylation is 1. The van der Waals surface area contributed by atoms with Crippen LogP contribution < -0.4 is 10.6 Å². The molecule has 2 amide bonds. The molecule has 1 heterocycles. The molecule has 154 valence electrons. The minimum absolute atomic E-state index is 0.0390. The SMILES string of the molecule is Cc1cccc(NC(=O)c2nc[nH]c2C(=O)N[C@@H](C)C(=O)OCc2ccccc2)c1. The number of imidazole rings is 1. The Hall–Kier alpha value is -3.94. The average Bonchev–Trinajstić information content (AvgIpc) is 3.23. The first-order chi connectivity index (χ1) is 14.4. The fourth-order valence-electron chi connectivity index (χ4n) is 2.73. The van der Waals surface area contributed by atoms with Gasteiger partial charge in [0.05, 0.1) is 6.33 Å². The maximum Gasteiger partial charge on any atom is 0.328 e. The average molecular weight is 406 g/mol. The summed E-state index contributed by atoms with van der Waals surface area (Å²) in [5, 5.41) is 5.22. The first-order valence-corrected chi connectivity index (χ1v) is 9.37. The number of nitrogens with one attached hydrogen (secondary N) is 3. The van der Waals surface area contributed by atoms with Crippen LogP contribution >= 0.6 is 0 Å². The van der Waals surface area contributed by atoms with Crippen molar-refractivity contribution in [2.75, 3.05) is 5.32 Å². The van der Waals surface area contributed by atoms with E-state index in [4.69, 9.17) is 4.74 Å². The molecular formula is C22H22N4O4. The van der Waals surface area contributed by atoms with Gasteiger partial charge in [-0.1, -0.05) is 42.5 Å². The molecular weight excluding hydrogens is 384 g/mol. The van der Waals surface area contributed by atoms with Gasteiger partial charge >= 0.3 is 5.97 Å². The van der Waals surface area contributed by atoms with Gasteiger partial charge in [-0.3, -0.25) is 9.59 Å². The van der Waals surface area contributed by atoms with Crippen LogP contribution in [0.1, 0.15) is 39.0 Å². The summed E-state index contributed by atoms with van der Waals surface area (Å²) in [6.45, 7) is 3.52. The first-order valence-electron chi connectivity index (χ1n) is 9.37. The molecule has 3 aromatic rings. The molecule has 3 rings (SSSR count). The number of anilines is 1. The Morgan fingerprint density at radius 1 is 1.07 bits per heavy atom. The Balaban J connectivity index is 1.59. The van der Waals surface area contributed by atoms with Gasteiger partial charge in [0.2, 0.25) is 0 Å². The minimum Gasteiger partial charge on any atom is -0.459 e. The molecule has 8 nitrogen and oxygen atoms in total. The Labute approximate surface area is 173 Å². The smallest absolute Gasteiger partial charge is 0.328 e. The first kappa shape index (κ1) is 20.8. The highest BCUT2D eigenvalue weighted by Crippen LogP contribution is 2.12. The van der Waals surface area contributed by atoms with E-state index in [1.165, 1.54) is 13.3 Å². The lowest BCUT2D eigenvalue weighted by atomic mass is 10.2. The van der Waals surface area contributed by atoms with Gasteiger partial charge in [-0.2, -0.15) is 0 Å². The van der Waals surface area contributed by atoms with E-state index in [1.807, 2.05) is 49.4 Å². The highest BCUT2D eigenvalue weighted by molar-refractivity contribution is 6.10. The van der Waals surface area contributed by atoms with E-state index in [-0.39, 0.29) is 18.0 Å². The number of hydrogen-bond acceptors (Lipinski definition) is 5. The fraction of sp³-hybridized carbons (Fsp3) is 0.182. The van der Waals surface area contributed by atoms with Gasteiger partial charge in [-0.25, -0.2) is 9.78 Å². The van der Waals surface area contributed by atoms with Crippen molar-refractivity contribution in [2.45, 2.75) is 26.5 Å². The third kappa shape index (κ3) is 5.32. The normalized spacial score (nSPS) is 11.4. The van der Waals surface area contributed by atoms with E-state index in [0.717, 1.165) is 11.1 Å². The molecule has 0 aliphatic carbocycles. The van der Waals surface area contributed by atoms with Gasteiger partial charge in [-0.15, -0.1) is 0 Å². The van der Waals surface area contributed by atoms with Crippen molar-refractivity contribution in [3.05, 3.63) is 83.4 Å². The van der Waals surface area contributed by atoms with Crippen LogP contribution in [-0.2, 0) is 16.1 Å². The molecule has 8 heteroatoms. The number of carbonyl (C=O) groups is 3. The van der Waals surface area contributed by atoms with Gasteiger partial charge in [0.1, 0.15) is 18.3 Å². The number of amides is 2. The van der Waals surface area contributed by atoms with Crippen LogP contribution in [-0.4, -0.2) is 33.8 Å². The zero-order chi connectivity index (χ0) is 21.5. The van der Waals surface area contributed by atoms with E-state index < -0.39 is 23.8 Å². The van der Waals surface area contributed by atoms with E-state index in [0.29, 0.717) is 5.69 Å². The molecule has 0 aliphatic heterocycles. The highest BCUT2D eigenvalue weighted by atomic mass is 16.5. The van der Waals surface area contributed by atoms with E-state index >= 15 is 0 Å². The van der Waals surface area contributed by atoms with Gasteiger partial charge < -0.3 is 20.4 Å². The molecule has 0 saturated carbocycles. The molecule has 30 heavy (non-hydrogen) atoms. The molecule has 0 aliphatic rings. The van der Waals surface area contributed by atoms with Crippen molar-refractivity contribution >= 4 is 23.5 Å². The predicted molar refractivity (Wildman–Crippen MR) is 111 cm³/mol. The molecule has 1 atom stereocenters. The Morgan fingerprint density at radius 2 is 1.83 bits per heavy atom. The predicted octanol–water partition coefficient (Wildman–Crippen LogP) is 2.83. The van der Waals surface area contributed by atoms with Crippen molar-refractivity contribution in [3.8, 4) is 0 Å². The molecule has 0 fully saturated rings. The van der Waals surface area contributed by atoms with E-state index in [2.05, 4.69) is 20.6 Å². The third-order valence-electron chi connectivity index (χ3n) is 4.28. The fourth-order valence-corrected chi connectivity index (χ4v) is 2.73. The van der Waals surface area contributed by atoms with Crippen molar-refractivity contribution < 1.29 is 19.1 Å². The molecule has 0 saturated heterocycles. The Kier molecular flexibility index (Phi) is 6.59. The van der Waals surface area contributed by atoms with Gasteiger partial charge in [0, 0.05) is 5.69 Å². The number of rotatable bonds is 7. The number of aromatic nitrogens is 2. The van der Waals surface area contributed by atoms with Gasteiger partial charge in [-0.05, 0) is 37.1 Å². The monoisotopic (exact) mass is 406 g/mol. The second-order valence-corrected chi connectivity index (χ2v) is 6.74. The molecule has 0 radical (unpaired) electrons. The van der Waals surface area contributed by atoms with Crippen molar-refractivity contribution in [2.24, 2.45) is 0 Å². The number of benzene rings is 2. The third-order valence-corrected chi connectivity index (χ3v) is 4.28. The zero-order valence-corrected chi connectivity index (χ0v) is 16.6.